The predicted octanol–water partition coefficient (Wildman–Crippen LogP) is 1.72. The molecule has 19 heavy (non-hydrogen) atoms. The fraction of sp³-hybridized carbons (Fsp3) is 0.643. The normalized spacial score (nSPS) is 11.3. The SMILES string of the molecule is CCN(CC)CCNC(=O)c1cc(N)cn1C(C)C. The maximum absolute atomic E-state index is 12.1. The lowest BCUT2D eigenvalue weighted by molar-refractivity contribution is 0.0938. The number of anilines is 1. The molecule has 0 aromatic carbocycles. The topological polar surface area (TPSA) is 63.3 Å². The number of hydrogen-bond donors (Lipinski definition) is 2. The van der Waals surface area contributed by atoms with Crippen molar-refractivity contribution in [2.24, 2.45) is 0 Å². The van der Waals surface area contributed by atoms with Gasteiger partial charge in [-0.05, 0) is 33.0 Å². The summed E-state index contributed by atoms with van der Waals surface area (Å²) in [7, 11) is 0. The van der Waals surface area contributed by atoms with Crippen molar-refractivity contribution in [2.45, 2.75) is 33.7 Å². The third kappa shape index (κ3) is 4.28. The number of aromatic nitrogens is 1. The molecule has 1 aromatic rings. The Morgan fingerprint density at radius 2 is 2.05 bits per heavy atom. The molecule has 108 valence electrons. The van der Waals surface area contributed by atoms with Gasteiger partial charge in [0.15, 0.2) is 0 Å². The van der Waals surface area contributed by atoms with Gasteiger partial charge in [-0.3, -0.25) is 4.79 Å². The first-order valence-corrected chi connectivity index (χ1v) is 6.97. The first-order valence-electron chi connectivity index (χ1n) is 6.97. The van der Waals surface area contributed by atoms with E-state index in [1.54, 1.807) is 6.07 Å². The van der Waals surface area contributed by atoms with Crippen LogP contribution in [0, 0.1) is 0 Å². The second-order valence-electron chi connectivity index (χ2n) is 4.94. The molecule has 1 amide bonds. The van der Waals surface area contributed by atoms with E-state index >= 15 is 0 Å². The number of carbonyl (C=O) groups is 1. The lowest BCUT2D eigenvalue weighted by atomic mass is 10.3. The number of hydrogen-bond acceptors (Lipinski definition) is 3. The molecule has 0 radical (unpaired) electrons. The maximum Gasteiger partial charge on any atom is 0.268 e. The third-order valence-electron chi connectivity index (χ3n) is 3.27. The highest BCUT2D eigenvalue weighted by atomic mass is 16.1. The minimum Gasteiger partial charge on any atom is -0.397 e. The number of likely N-dealkylation sites (N-methyl/N-ethyl adjacent to an activating group) is 1. The average molecular weight is 266 g/mol. The quantitative estimate of drug-likeness (QED) is 0.790. The van der Waals surface area contributed by atoms with E-state index < -0.39 is 0 Å². The van der Waals surface area contributed by atoms with Gasteiger partial charge < -0.3 is 20.5 Å². The number of nitrogen functional groups attached to an aromatic ring is 1. The van der Waals surface area contributed by atoms with Gasteiger partial charge in [-0.1, -0.05) is 13.8 Å². The standard InChI is InChI=1S/C14H26N4O/c1-5-17(6-2)8-7-16-14(19)13-9-12(15)10-18(13)11(3)4/h9-11H,5-8,15H2,1-4H3,(H,16,19). The molecule has 3 N–H and O–H groups in total. The summed E-state index contributed by atoms with van der Waals surface area (Å²) in [5.41, 5.74) is 7.02. The molecular formula is C14H26N4O. The summed E-state index contributed by atoms with van der Waals surface area (Å²) in [6.45, 7) is 11.8. The summed E-state index contributed by atoms with van der Waals surface area (Å²) in [4.78, 5) is 14.4. The van der Waals surface area contributed by atoms with Gasteiger partial charge >= 0.3 is 0 Å². The highest BCUT2D eigenvalue weighted by Gasteiger charge is 2.14. The van der Waals surface area contributed by atoms with Gasteiger partial charge in [-0.15, -0.1) is 0 Å². The molecule has 0 aliphatic carbocycles. The Labute approximate surface area is 115 Å². The Morgan fingerprint density at radius 3 is 2.58 bits per heavy atom. The Morgan fingerprint density at radius 1 is 1.42 bits per heavy atom. The van der Waals surface area contributed by atoms with Crippen molar-refractivity contribution < 1.29 is 4.79 Å². The van der Waals surface area contributed by atoms with E-state index in [0.717, 1.165) is 19.6 Å². The second kappa shape index (κ2) is 7.19. The fourth-order valence-corrected chi connectivity index (χ4v) is 2.07. The van der Waals surface area contributed by atoms with Gasteiger partial charge in [0, 0.05) is 25.3 Å². The minimum atomic E-state index is -0.0578. The lowest BCUT2D eigenvalue weighted by Crippen LogP contribution is -2.35. The maximum atomic E-state index is 12.1. The van der Waals surface area contributed by atoms with Crippen LogP contribution in [-0.2, 0) is 0 Å². The first-order chi connectivity index (χ1) is 8.99. The molecule has 0 spiro atoms. The van der Waals surface area contributed by atoms with E-state index in [1.165, 1.54) is 0 Å². The molecule has 5 nitrogen and oxygen atoms in total. The van der Waals surface area contributed by atoms with E-state index in [1.807, 2.05) is 24.6 Å². The molecule has 1 aromatic heterocycles. The van der Waals surface area contributed by atoms with Gasteiger partial charge in [0.1, 0.15) is 5.69 Å². The molecule has 0 saturated heterocycles. The van der Waals surface area contributed by atoms with Gasteiger partial charge in [-0.2, -0.15) is 0 Å². The van der Waals surface area contributed by atoms with E-state index in [2.05, 4.69) is 24.1 Å². The van der Waals surface area contributed by atoms with Crippen LogP contribution in [0.3, 0.4) is 0 Å². The molecule has 0 aliphatic rings. The number of nitrogens with two attached hydrogens (primary N) is 1. The fourth-order valence-electron chi connectivity index (χ4n) is 2.07. The number of nitrogens with zero attached hydrogens (tertiary/aromatic N) is 2. The Hall–Kier alpha value is -1.49. The van der Waals surface area contributed by atoms with Crippen LogP contribution in [-0.4, -0.2) is 41.6 Å². The van der Waals surface area contributed by atoms with Crippen LogP contribution in [0.5, 0.6) is 0 Å². The predicted molar refractivity (Wildman–Crippen MR) is 79.4 cm³/mol. The smallest absolute Gasteiger partial charge is 0.268 e. The molecule has 0 bridgehead atoms. The summed E-state index contributed by atoms with van der Waals surface area (Å²) in [6, 6.07) is 1.95. The Balaban J connectivity index is 2.59. The van der Waals surface area contributed by atoms with Gasteiger partial charge in [0.25, 0.3) is 5.91 Å². The number of nitrogens with one attached hydrogen (secondary N) is 1. The van der Waals surface area contributed by atoms with Crippen molar-refractivity contribution in [3.05, 3.63) is 18.0 Å². The Kier molecular flexibility index (Phi) is 5.89. The zero-order valence-electron chi connectivity index (χ0n) is 12.4. The van der Waals surface area contributed by atoms with E-state index in [0.29, 0.717) is 17.9 Å². The van der Waals surface area contributed by atoms with Gasteiger partial charge in [0.05, 0.1) is 5.69 Å². The van der Waals surface area contributed by atoms with E-state index in [9.17, 15) is 4.79 Å². The van der Waals surface area contributed by atoms with Crippen LogP contribution >= 0.6 is 0 Å². The average Bonchev–Trinajstić information content (AvgIpc) is 2.77. The molecule has 5 heteroatoms. The largest absolute Gasteiger partial charge is 0.397 e. The summed E-state index contributed by atoms with van der Waals surface area (Å²) < 4.78 is 1.90. The molecule has 0 unspecified atom stereocenters. The summed E-state index contributed by atoms with van der Waals surface area (Å²) in [6.07, 6.45) is 1.81. The van der Waals surface area contributed by atoms with Crippen LogP contribution < -0.4 is 11.1 Å². The number of carbonyl (C=O) groups excluding carboxylic acids is 1. The van der Waals surface area contributed by atoms with Crippen molar-refractivity contribution >= 4 is 11.6 Å². The lowest BCUT2D eigenvalue weighted by Gasteiger charge is -2.18. The minimum absolute atomic E-state index is 0.0578. The van der Waals surface area contributed by atoms with Crippen molar-refractivity contribution in [2.75, 3.05) is 31.9 Å². The van der Waals surface area contributed by atoms with Crippen LogP contribution in [0.25, 0.3) is 0 Å². The molecule has 0 fully saturated rings. The number of rotatable bonds is 7. The monoisotopic (exact) mass is 266 g/mol. The molecule has 1 rings (SSSR count). The Bertz CT molecular complexity index is 408. The highest BCUT2D eigenvalue weighted by molar-refractivity contribution is 5.93. The molecule has 0 saturated carbocycles. The summed E-state index contributed by atoms with van der Waals surface area (Å²) in [5.74, 6) is -0.0578. The molecule has 0 atom stereocenters. The van der Waals surface area contributed by atoms with Crippen molar-refractivity contribution in [1.29, 1.82) is 0 Å². The third-order valence-corrected chi connectivity index (χ3v) is 3.27. The molecular weight excluding hydrogens is 240 g/mol. The van der Waals surface area contributed by atoms with Gasteiger partial charge in [0.2, 0.25) is 0 Å². The van der Waals surface area contributed by atoms with Gasteiger partial charge in [-0.25, -0.2) is 0 Å². The van der Waals surface area contributed by atoms with Crippen molar-refractivity contribution in [3.63, 3.8) is 0 Å². The second-order valence-corrected chi connectivity index (χ2v) is 4.94. The first kappa shape index (κ1) is 15.6. The number of amides is 1. The summed E-state index contributed by atoms with van der Waals surface area (Å²) in [5, 5.41) is 2.95. The highest BCUT2D eigenvalue weighted by Crippen LogP contribution is 2.16. The molecule has 1 heterocycles. The molecule has 0 aliphatic heterocycles. The summed E-state index contributed by atoms with van der Waals surface area (Å²) >= 11 is 0. The zero-order chi connectivity index (χ0) is 14.4. The van der Waals surface area contributed by atoms with Crippen molar-refractivity contribution in [3.8, 4) is 0 Å². The van der Waals surface area contributed by atoms with Crippen molar-refractivity contribution in [1.82, 2.24) is 14.8 Å². The van der Waals surface area contributed by atoms with E-state index in [-0.39, 0.29) is 11.9 Å². The van der Waals surface area contributed by atoms with Crippen LogP contribution in [0.15, 0.2) is 12.3 Å². The van der Waals surface area contributed by atoms with Crippen LogP contribution in [0.4, 0.5) is 5.69 Å². The zero-order valence-corrected chi connectivity index (χ0v) is 12.4. The van der Waals surface area contributed by atoms with E-state index in [4.69, 9.17) is 5.73 Å². The van der Waals surface area contributed by atoms with Crippen LogP contribution in [0.2, 0.25) is 0 Å². The van der Waals surface area contributed by atoms with Crippen LogP contribution in [0.1, 0.15) is 44.2 Å².